The Morgan fingerprint density at radius 1 is 0.897 bits per heavy atom. The maximum Gasteiger partial charge on any atom is 0.343 e. The number of aromatic nitrogens is 1. The zero-order valence-electron chi connectivity index (χ0n) is 14.4. The van der Waals surface area contributed by atoms with Crippen LogP contribution in [0, 0.1) is 0 Å². The molecule has 0 bridgehead atoms. The van der Waals surface area contributed by atoms with E-state index in [4.69, 9.17) is 0 Å². The van der Waals surface area contributed by atoms with E-state index in [-0.39, 0.29) is 22.6 Å². The van der Waals surface area contributed by atoms with Crippen LogP contribution in [0.4, 0.5) is 0 Å². The Bertz CT molecular complexity index is 1170. The summed E-state index contributed by atoms with van der Waals surface area (Å²) in [5.41, 5.74) is 2.64. The molecule has 3 rings (SSSR count). The summed E-state index contributed by atoms with van der Waals surface area (Å²) in [7, 11) is -10.8. The van der Waals surface area contributed by atoms with Crippen LogP contribution >= 0.6 is 26.5 Å². The SMILES string of the molecule is O=c1sc2ccc(O)cc2n1NC(c1ccc(O)cc1)C(P(=O)(O)O)P(=O)(O)O. The fourth-order valence-electron chi connectivity index (χ4n) is 2.85. The number of nitrogens with zero attached hydrogens (tertiary/aromatic N) is 1. The molecule has 156 valence electrons. The summed E-state index contributed by atoms with van der Waals surface area (Å²) in [6, 6.07) is 7.06. The van der Waals surface area contributed by atoms with Crippen LogP contribution < -0.4 is 10.3 Å². The summed E-state index contributed by atoms with van der Waals surface area (Å²) in [6.07, 6.45) is 0. The maximum absolute atomic E-state index is 12.4. The highest BCUT2D eigenvalue weighted by Gasteiger charge is 2.50. The lowest BCUT2D eigenvalue weighted by atomic mass is 10.1. The number of phenols is 2. The fraction of sp³-hybridized carbons (Fsp3) is 0.133. The second-order valence-corrected chi connectivity index (χ2v) is 11.0. The number of hydrogen-bond donors (Lipinski definition) is 7. The molecule has 0 fully saturated rings. The summed E-state index contributed by atoms with van der Waals surface area (Å²) in [6.45, 7) is 0. The van der Waals surface area contributed by atoms with Gasteiger partial charge in [-0.25, -0.2) is 4.68 Å². The molecule has 1 aromatic heterocycles. The monoisotopic (exact) mass is 462 g/mol. The second kappa shape index (κ2) is 7.58. The van der Waals surface area contributed by atoms with Gasteiger partial charge in [0, 0.05) is 6.07 Å². The van der Waals surface area contributed by atoms with Gasteiger partial charge in [0.25, 0.3) is 0 Å². The summed E-state index contributed by atoms with van der Waals surface area (Å²) >= 11 is 0.759. The average Bonchev–Trinajstić information content (AvgIpc) is 2.88. The summed E-state index contributed by atoms with van der Waals surface area (Å²) < 4.78 is 25.2. The predicted molar refractivity (Wildman–Crippen MR) is 106 cm³/mol. The van der Waals surface area contributed by atoms with Gasteiger partial charge in [-0.15, -0.1) is 0 Å². The van der Waals surface area contributed by atoms with E-state index in [9.17, 15) is 43.7 Å². The lowest BCUT2D eigenvalue weighted by Gasteiger charge is -2.30. The first-order valence-corrected chi connectivity index (χ1v) is 12.1. The molecule has 1 atom stereocenters. The molecule has 0 spiro atoms. The Morgan fingerprint density at radius 3 is 2.00 bits per heavy atom. The first-order chi connectivity index (χ1) is 13.4. The molecular formula is C15H16N2O9P2S. The summed E-state index contributed by atoms with van der Waals surface area (Å²) in [5.74, 6) is -0.368. The van der Waals surface area contributed by atoms with Gasteiger partial charge in [0.1, 0.15) is 11.5 Å². The van der Waals surface area contributed by atoms with Gasteiger partial charge in [-0.3, -0.25) is 13.9 Å². The Hall–Kier alpha value is -2.17. The van der Waals surface area contributed by atoms with Crippen molar-refractivity contribution in [2.75, 3.05) is 5.43 Å². The van der Waals surface area contributed by atoms with E-state index in [2.05, 4.69) is 5.43 Å². The number of nitrogens with one attached hydrogen (secondary N) is 1. The van der Waals surface area contributed by atoms with Crippen molar-refractivity contribution in [2.24, 2.45) is 0 Å². The minimum Gasteiger partial charge on any atom is -0.508 e. The quantitative estimate of drug-likeness (QED) is 0.264. The Labute approximate surface area is 166 Å². The standard InChI is InChI=1S/C15H16N2O9P2S/c18-9-3-1-8(2-4-9)13(14(27(21,22)23)28(24,25)26)16-17-11-7-10(19)5-6-12(11)29-15(17)20/h1-7,13-14,16,18-19H,(H2,21,22,23)(H2,24,25,26). The summed E-state index contributed by atoms with van der Waals surface area (Å²) in [5, 5.41) is 16.6. The average molecular weight is 462 g/mol. The zero-order valence-corrected chi connectivity index (χ0v) is 17.0. The van der Waals surface area contributed by atoms with Crippen molar-refractivity contribution in [3.8, 4) is 11.5 Å². The molecule has 0 aliphatic heterocycles. The second-order valence-electron chi connectivity index (χ2n) is 6.15. The smallest absolute Gasteiger partial charge is 0.343 e. The van der Waals surface area contributed by atoms with Gasteiger partial charge in [0.15, 0.2) is 5.40 Å². The van der Waals surface area contributed by atoms with E-state index in [1.54, 1.807) is 0 Å². The number of rotatable bonds is 6. The Balaban J connectivity index is 2.22. The van der Waals surface area contributed by atoms with Crippen molar-refractivity contribution in [2.45, 2.75) is 11.4 Å². The fourth-order valence-corrected chi connectivity index (χ4v) is 6.49. The number of benzene rings is 2. The van der Waals surface area contributed by atoms with Crippen LogP contribution in [0.15, 0.2) is 47.3 Å². The van der Waals surface area contributed by atoms with Gasteiger partial charge in [-0.05, 0) is 29.8 Å². The van der Waals surface area contributed by atoms with Gasteiger partial charge in [-0.2, -0.15) is 0 Å². The van der Waals surface area contributed by atoms with Crippen molar-refractivity contribution in [1.29, 1.82) is 0 Å². The molecule has 0 saturated carbocycles. The van der Waals surface area contributed by atoms with E-state index in [1.807, 2.05) is 0 Å². The highest BCUT2D eigenvalue weighted by Crippen LogP contribution is 2.64. The van der Waals surface area contributed by atoms with Crippen LogP contribution in [-0.4, -0.2) is 39.9 Å². The first kappa shape index (κ1) is 21.5. The van der Waals surface area contributed by atoms with Crippen LogP contribution in [0.2, 0.25) is 0 Å². The van der Waals surface area contributed by atoms with Crippen LogP contribution in [0.1, 0.15) is 11.6 Å². The number of aromatic hydroxyl groups is 2. The van der Waals surface area contributed by atoms with Gasteiger partial charge in [0.05, 0.1) is 16.3 Å². The van der Waals surface area contributed by atoms with Crippen molar-refractivity contribution in [3.05, 3.63) is 57.7 Å². The molecule has 0 radical (unpaired) electrons. The van der Waals surface area contributed by atoms with Gasteiger partial charge in [-0.1, -0.05) is 23.5 Å². The molecule has 0 aliphatic rings. The number of hydrogen-bond acceptors (Lipinski definition) is 7. The number of phenolic OH excluding ortho intramolecular Hbond substituents is 2. The van der Waals surface area contributed by atoms with Crippen LogP contribution in [0.5, 0.6) is 11.5 Å². The van der Waals surface area contributed by atoms with Gasteiger partial charge < -0.3 is 35.2 Å². The third kappa shape index (κ3) is 4.54. The number of fused-ring (bicyclic) bond motifs is 1. The third-order valence-corrected chi connectivity index (χ3v) is 8.77. The van der Waals surface area contributed by atoms with Crippen molar-refractivity contribution >= 4 is 36.7 Å². The van der Waals surface area contributed by atoms with E-state index in [1.165, 1.54) is 42.5 Å². The highest BCUT2D eigenvalue weighted by atomic mass is 32.1. The minimum absolute atomic E-state index is 0.00542. The van der Waals surface area contributed by atoms with Crippen molar-refractivity contribution in [3.63, 3.8) is 0 Å². The highest BCUT2D eigenvalue weighted by molar-refractivity contribution is 7.71. The number of thiazole rings is 1. The lowest BCUT2D eigenvalue weighted by Crippen LogP contribution is -2.35. The molecule has 11 nitrogen and oxygen atoms in total. The van der Waals surface area contributed by atoms with E-state index in [0.29, 0.717) is 4.70 Å². The maximum atomic E-state index is 12.4. The predicted octanol–water partition coefficient (Wildman–Crippen LogP) is 1.44. The minimum atomic E-state index is -5.38. The van der Waals surface area contributed by atoms with Crippen LogP contribution in [0.25, 0.3) is 10.2 Å². The Kier molecular flexibility index (Phi) is 5.63. The van der Waals surface area contributed by atoms with Crippen molar-refractivity contribution in [1.82, 2.24) is 4.68 Å². The van der Waals surface area contributed by atoms with E-state index >= 15 is 0 Å². The van der Waals surface area contributed by atoms with Gasteiger partial charge in [0.2, 0.25) is 0 Å². The topological polar surface area (TPSA) is 190 Å². The molecule has 0 amide bonds. The van der Waals surface area contributed by atoms with Crippen molar-refractivity contribution < 1.29 is 38.9 Å². The third-order valence-electron chi connectivity index (χ3n) is 4.07. The molecule has 29 heavy (non-hydrogen) atoms. The molecule has 14 heteroatoms. The van der Waals surface area contributed by atoms with E-state index < -0.39 is 31.5 Å². The largest absolute Gasteiger partial charge is 0.508 e. The lowest BCUT2D eigenvalue weighted by molar-refractivity contribution is 0.330. The normalized spacial score (nSPS) is 13.7. The first-order valence-electron chi connectivity index (χ1n) is 7.88. The molecule has 0 saturated heterocycles. The molecule has 1 unspecified atom stereocenters. The molecule has 0 aliphatic carbocycles. The van der Waals surface area contributed by atoms with Crippen LogP contribution in [-0.2, 0) is 9.13 Å². The summed E-state index contributed by atoms with van der Waals surface area (Å²) in [4.78, 5) is 50.4. The Morgan fingerprint density at radius 2 is 1.45 bits per heavy atom. The van der Waals surface area contributed by atoms with Crippen LogP contribution in [0.3, 0.4) is 0 Å². The molecule has 1 heterocycles. The van der Waals surface area contributed by atoms with Gasteiger partial charge >= 0.3 is 20.1 Å². The molecule has 2 aromatic carbocycles. The molecule has 7 N–H and O–H groups in total. The van der Waals surface area contributed by atoms with E-state index in [0.717, 1.165) is 16.0 Å². The zero-order chi connectivity index (χ0) is 21.6. The molecule has 3 aromatic rings. The molecular weight excluding hydrogens is 446 g/mol.